The summed E-state index contributed by atoms with van der Waals surface area (Å²) in [7, 11) is 0. The molecule has 3 nitrogen and oxygen atoms in total. The quantitative estimate of drug-likeness (QED) is 0.821. The lowest BCUT2D eigenvalue weighted by Crippen LogP contribution is -1.98. The van der Waals surface area contributed by atoms with Crippen LogP contribution in [-0.2, 0) is 0 Å². The average molecular weight is 254 g/mol. The summed E-state index contributed by atoms with van der Waals surface area (Å²) >= 11 is 12.0. The molecule has 0 unspecified atom stereocenters. The fraction of sp³-hybridized carbons (Fsp3) is 0. The van der Waals surface area contributed by atoms with Gasteiger partial charge in [-0.25, -0.2) is 4.98 Å². The Morgan fingerprint density at radius 1 is 0.938 bits per heavy atom. The average Bonchev–Trinajstić information content (AvgIpc) is 2.23. The Morgan fingerprint density at radius 3 is 2.38 bits per heavy atom. The number of benzene rings is 1. The van der Waals surface area contributed by atoms with E-state index in [4.69, 9.17) is 34.7 Å². The van der Waals surface area contributed by atoms with Crippen LogP contribution in [0.15, 0.2) is 30.3 Å². The number of hydrogen-bond donors (Lipinski definition) is 2. The highest BCUT2D eigenvalue weighted by atomic mass is 35.5. The first kappa shape index (κ1) is 11.0. The Hall–Kier alpha value is -1.45. The second-order valence-electron chi connectivity index (χ2n) is 3.27. The molecule has 0 amide bonds. The zero-order valence-electron chi connectivity index (χ0n) is 8.24. The van der Waals surface area contributed by atoms with E-state index in [1.54, 1.807) is 24.3 Å². The van der Waals surface area contributed by atoms with Crippen LogP contribution in [0.4, 0.5) is 11.6 Å². The molecule has 82 valence electrons. The van der Waals surface area contributed by atoms with Gasteiger partial charge in [0.2, 0.25) is 0 Å². The lowest BCUT2D eigenvalue weighted by atomic mass is 10.1. The Kier molecular flexibility index (Phi) is 2.90. The highest BCUT2D eigenvalue weighted by molar-refractivity contribution is 6.43. The molecular formula is C11H9Cl2N3. The smallest absolute Gasteiger partial charge is 0.133 e. The molecule has 0 spiro atoms. The molecule has 0 fully saturated rings. The van der Waals surface area contributed by atoms with Crippen molar-refractivity contribution in [3.8, 4) is 11.1 Å². The van der Waals surface area contributed by atoms with Gasteiger partial charge in [-0.05, 0) is 18.2 Å². The summed E-state index contributed by atoms with van der Waals surface area (Å²) in [5.41, 5.74) is 12.8. The fourth-order valence-electron chi connectivity index (χ4n) is 1.43. The third-order valence-corrected chi connectivity index (χ3v) is 3.01. The summed E-state index contributed by atoms with van der Waals surface area (Å²) in [4.78, 5) is 3.97. The van der Waals surface area contributed by atoms with E-state index in [-0.39, 0.29) is 0 Å². The monoisotopic (exact) mass is 253 g/mol. The molecule has 2 rings (SSSR count). The number of nitrogen functional groups attached to an aromatic ring is 2. The molecule has 0 bridgehead atoms. The molecule has 0 aliphatic rings. The standard InChI is InChI=1S/C11H9Cl2N3/c12-8-3-1-2-6(10(8)13)7-4-5-9(14)16-11(7)15/h1-5H,(H4,14,15,16). The first-order valence-corrected chi connectivity index (χ1v) is 5.31. The van der Waals surface area contributed by atoms with Gasteiger partial charge in [0.25, 0.3) is 0 Å². The number of rotatable bonds is 1. The van der Waals surface area contributed by atoms with E-state index in [1.165, 1.54) is 0 Å². The van der Waals surface area contributed by atoms with E-state index >= 15 is 0 Å². The number of hydrogen-bond acceptors (Lipinski definition) is 3. The van der Waals surface area contributed by atoms with Crippen LogP contribution in [0.3, 0.4) is 0 Å². The van der Waals surface area contributed by atoms with Gasteiger partial charge in [-0.3, -0.25) is 0 Å². The molecular weight excluding hydrogens is 245 g/mol. The van der Waals surface area contributed by atoms with Gasteiger partial charge in [0.1, 0.15) is 11.6 Å². The van der Waals surface area contributed by atoms with Crippen LogP contribution in [0.5, 0.6) is 0 Å². The highest BCUT2D eigenvalue weighted by Gasteiger charge is 2.10. The van der Waals surface area contributed by atoms with E-state index in [2.05, 4.69) is 4.98 Å². The molecule has 0 radical (unpaired) electrons. The molecule has 1 aromatic heterocycles. The Morgan fingerprint density at radius 2 is 1.69 bits per heavy atom. The number of pyridine rings is 1. The van der Waals surface area contributed by atoms with Crippen molar-refractivity contribution >= 4 is 34.8 Å². The van der Waals surface area contributed by atoms with Gasteiger partial charge >= 0.3 is 0 Å². The van der Waals surface area contributed by atoms with Crippen molar-refractivity contribution < 1.29 is 0 Å². The van der Waals surface area contributed by atoms with Crippen LogP contribution in [0.1, 0.15) is 0 Å². The summed E-state index contributed by atoms with van der Waals surface area (Å²) in [6.45, 7) is 0. The van der Waals surface area contributed by atoms with Crippen LogP contribution >= 0.6 is 23.2 Å². The lowest BCUT2D eigenvalue weighted by molar-refractivity contribution is 1.34. The molecule has 1 aromatic carbocycles. The van der Waals surface area contributed by atoms with Crippen molar-refractivity contribution in [2.45, 2.75) is 0 Å². The van der Waals surface area contributed by atoms with Crippen LogP contribution in [0, 0.1) is 0 Å². The summed E-state index contributed by atoms with van der Waals surface area (Å²) < 4.78 is 0. The highest BCUT2D eigenvalue weighted by Crippen LogP contribution is 2.35. The van der Waals surface area contributed by atoms with Crippen molar-refractivity contribution in [2.24, 2.45) is 0 Å². The fourth-order valence-corrected chi connectivity index (χ4v) is 1.83. The molecule has 0 atom stereocenters. The summed E-state index contributed by atoms with van der Waals surface area (Å²) in [6.07, 6.45) is 0. The zero-order valence-corrected chi connectivity index (χ0v) is 9.76. The number of anilines is 2. The van der Waals surface area contributed by atoms with Gasteiger partial charge in [0.15, 0.2) is 0 Å². The normalized spacial score (nSPS) is 10.4. The molecule has 0 aliphatic heterocycles. The minimum absolute atomic E-state index is 0.337. The van der Waals surface area contributed by atoms with Crippen LogP contribution in [0.2, 0.25) is 10.0 Å². The largest absolute Gasteiger partial charge is 0.384 e. The zero-order chi connectivity index (χ0) is 11.7. The first-order valence-electron chi connectivity index (χ1n) is 4.56. The third kappa shape index (κ3) is 1.92. The molecule has 0 saturated heterocycles. The minimum Gasteiger partial charge on any atom is -0.384 e. The Balaban J connectivity index is 2.63. The minimum atomic E-state index is 0.337. The number of nitrogens with zero attached hydrogens (tertiary/aromatic N) is 1. The van der Waals surface area contributed by atoms with Gasteiger partial charge < -0.3 is 11.5 Å². The predicted octanol–water partition coefficient (Wildman–Crippen LogP) is 3.22. The second kappa shape index (κ2) is 4.20. The van der Waals surface area contributed by atoms with Gasteiger partial charge in [-0.1, -0.05) is 35.3 Å². The predicted molar refractivity (Wildman–Crippen MR) is 68.5 cm³/mol. The van der Waals surface area contributed by atoms with E-state index in [0.717, 1.165) is 11.1 Å². The van der Waals surface area contributed by atoms with Crippen molar-refractivity contribution in [2.75, 3.05) is 11.5 Å². The van der Waals surface area contributed by atoms with Gasteiger partial charge in [-0.15, -0.1) is 0 Å². The van der Waals surface area contributed by atoms with Crippen molar-refractivity contribution in [3.63, 3.8) is 0 Å². The summed E-state index contributed by atoms with van der Waals surface area (Å²) in [6, 6.07) is 8.80. The lowest BCUT2D eigenvalue weighted by Gasteiger charge is -2.08. The van der Waals surface area contributed by atoms with Crippen LogP contribution in [0.25, 0.3) is 11.1 Å². The maximum absolute atomic E-state index is 6.09. The third-order valence-electron chi connectivity index (χ3n) is 2.19. The first-order chi connectivity index (χ1) is 7.59. The SMILES string of the molecule is Nc1ccc(-c2cccc(Cl)c2Cl)c(N)n1. The Labute approximate surface area is 103 Å². The second-order valence-corrected chi connectivity index (χ2v) is 4.06. The molecule has 1 heterocycles. The number of aromatic nitrogens is 1. The van der Waals surface area contributed by atoms with Crippen molar-refractivity contribution in [1.82, 2.24) is 4.98 Å². The van der Waals surface area contributed by atoms with E-state index in [0.29, 0.717) is 21.7 Å². The van der Waals surface area contributed by atoms with E-state index in [9.17, 15) is 0 Å². The van der Waals surface area contributed by atoms with E-state index < -0.39 is 0 Å². The van der Waals surface area contributed by atoms with E-state index in [1.807, 2.05) is 6.07 Å². The van der Waals surface area contributed by atoms with Gasteiger partial charge in [-0.2, -0.15) is 0 Å². The van der Waals surface area contributed by atoms with Crippen LogP contribution in [-0.4, -0.2) is 4.98 Å². The molecule has 5 heteroatoms. The molecule has 4 N–H and O–H groups in total. The Bertz CT molecular complexity index is 541. The topological polar surface area (TPSA) is 64.9 Å². The molecule has 0 aliphatic carbocycles. The number of nitrogens with two attached hydrogens (primary N) is 2. The molecule has 16 heavy (non-hydrogen) atoms. The summed E-state index contributed by atoms with van der Waals surface area (Å²) in [5.74, 6) is 0.712. The maximum atomic E-state index is 6.09. The molecule has 0 saturated carbocycles. The van der Waals surface area contributed by atoms with Gasteiger partial charge in [0.05, 0.1) is 10.0 Å². The van der Waals surface area contributed by atoms with Gasteiger partial charge in [0, 0.05) is 11.1 Å². The molecule has 2 aromatic rings. The van der Waals surface area contributed by atoms with Crippen molar-refractivity contribution in [1.29, 1.82) is 0 Å². The summed E-state index contributed by atoms with van der Waals surface area (Å²) in [5, 5.41) is 0.942. The maximum Gasteiger partial charge on any atom is 0.133 e. The van der Waals surface area contributed by atoms with Crippen molar-refractivity contribution in [3.05, 3.63) is 40.4 Å². The van der Waals surface area contributed by atoms with Crippen LogP contribution < -0.4 is 11.5 Å². The number of halogens is 2.